The number of hydrogen-bond acceptors (Lipinski definition) is 3. The van der Waals surface area contributed by atoms with Crippen LogP contribution in [0.1, 0.15) is 44.7 Å². The second-order valence-corrected chi connectivity index (χ2v) is 8.80. The summed E-state index contributed by atoms with van der Waals surface area (Å²) >= 11 is 0. The van der Waals surface area contributed by atoms with Gasteiger partial charge in [-0.05, 0) is 58.2 Å². The smallest absolute Gasteiger partial charge is 0.410 e. The van der Waals surface area contributed by atoms with E-state index in [0.717, 1.165) is 0 Å². The minimum absolute atomic E-state index is 0.0129. The number of carbonyl (C=O) groups is 2. The number of nitrogens with zero attached hydrogens (tertiary/aromatic N) is 3. The van der Waals surface area contributed by atoms with Crippen molar-refractivity contribution < 1.29 is 23.1 Å². The summed E-state index contributed by atoms with van der Waals surface area (Å²) in [5.74, 6) is -1.25. The molecule has 0 spiro atoms. The third-order valence-corrected chi connectivity index (χ3v) is 5.32. The van der Waals surface area contributed by atoms with E-state index < -0.39 is 17.2 Å². The molecule has 2 saturated heterocycles. The number of halogens is 2. The van der Waals surface area contributed by atoms with Gasteiger partial charge in [-0.3, -0.25) is 0 Å². The van der Waals surface area contributed by atoms with Crippen molar-refractivity contribution >= 4 is 12.1 Å². The zero-order valence-corrected chi connectivity index (χ0v) is 17.5. The first-order valence-corrected chi connectivity index (χ1v) is 10.0. The lowest BCUT2D eigenvalue weighted by Crippen LogP contribution is -2.49. The topological polar surface area (TPSA) is 53.1 Å². The number of carbonyl (C=O) groups excluding carboxylic acids is 2. The van der Waals surface area contributed by atoms with Crippen LogP contribution in [0.25, 0.3) is 0 Å². The first kappa shape index (κ1) is 21.3. The van der Waals surface area contributed by atoms with Gasteiger partial charge < -0.3 is 19.4 Å². The summed E-state index contributed by atoms with van der Waals surface area (Å²) in [6, 6.07) is 2.37. The van der Waals surface area contributed by atoms with Crippen molar-refractivity contribution in [2.24, 2.45) is 0 Å². The molecule has 0 aliphatic carbocycles. The van der Waals surface area contributed by atoms with E-state index in [1.54, 1.807) is 16.7 Å². The van der Waals surface area contributed by atoms with E-state index in [0.29, 0.717) is 44.6 Å². The number of benzene rings is 1. The number of amides is 3. The molecule has 0 unspecified atom stereocenters. The third kappa shape index (κ3) is 4.97. The molecular weight excluding hydrogens is 380 g/mol. The summed E-state index contributed by atoms with van der Waals surface area (Å²) in [6.45, 7) is 9.02. The van der Waals surface area contributed by atoms with Crippen molar-refractivity contribution in [2.75, 3.05) is 26.2 Å². The molecule has 0 bridgehead atoms. The van der Waals surface area contributed by atoms with Gasteiger partial charge in [-0.15, -0.1) is 0 Å². The van der Waals surface area contributed by atoms with E-state index in [1.165, 1.54) is 17.0 Å². The van der Waals surface area contributed by atoms with Crippen LogP contribution in [0.15, 0.2) is 12.1 Å². The van der Waals surface area contributed by atoms with Crippen LogP contribution < -0.4 is 0 Å². The normalized spacial score (nSPS) is 18.6. The highest BCUT2D eigenvalue weighted by Crippen LogP contribution is 2.25. The van der Waals surface area contributed by atoms with Crippen LogP contribution in [0, 0.1) is 18.6 Å². The summed E-state index contributed by atoms with van der Waals surface area (Å²) < 4.78 is 33.7. The Morgan fingerprint density at radius 3 is 2.24 bits per heavy atom. The first-order chi connectivity index (χ1) is 13.5. The maximum absolute atomic E-state index is 14.1. The van der Waals surface area contributed by atoms with Gasteiger partial charge in [0.05, 0.1) is 6.54 Å². The fourth-order valence-corrected chi connectivity index (χ4v) is 3.85. The van der Waals surface area contributed by atoms with Gasteiger partial charge in [0, 0.05) is 37.8 Å². The van der Waals surface area contributed by atoms with Gasteiger partial charge in [0.25, 0.3) is 0 Å². The van der Waals surface area contributed by atoms with Crippen molar-refractivity contribution in [2.45, 2.75) is 58.7 Å². The van der Waals surface area contributed by atoms with E-state index in [9.17, 15) is 18.4 Å². The summed E-state index contributed by atoms with van der Waals surface area (Å²) in [6.07, 6.45) is 0.980. The minimum Gasteiger partial charge on any atom is -0.444 e. The predicted molar refractivity (Wildman–Crippen MR) is 104 cm³/mol. The Bertz CT molecular complexity index is 763. The number of ether oxygens (including phenoxy) is 1. The third-order valence-electron chi connectivity index (χ3n) is 5.32. The predicted octanol–water partition coefficient (Wildman–Crippen LogP) is 3.91. The maximum Gasteiger partial charge on any atom is 0.410 e. The molecule has 29 heavy (non-hydrogen) atoms. The van der Waals surface area contributed by atoms with E-state index in [-0.39, 0.29) is 30.3 Å². The fourth-order valence-electron chi connectivity index (χ4n) is 3.85. The first-order valence-electron chi connectivity index (χ1n) is 10.0. The summed E-state index contributed by atoms with van der Waals surface area (Å²) in [5, 5.41) is 0. The van der Waals surface area contributed by atoms with Crippen LogP contribution in [0.4, 0.5) is 18.4 Å². The largest absolute Gasteiger partial charge is 0.444 e. The average molecular weight is 409 g/mol. The van der Waals surface area contributed by atoms with Gasteiger partial charge in [0.2, 0.25) is 0 Å². The molecule has 6 nitrogen and oxygen atoms in total. The van der Waals surface area contributed by atoms with Crippen molar-refractivity contribution in [1.29, 1.82) is 0 Å². The van der Waals surface area contributed by atoms with Gasteiger partial charge >= 0.3 is 12.1 Å². The molecule has 2 heterocycles. The summed E-state index contributed by atoms with van der Waals surface area (Å²) in [4.78, 5) is 29.9. The Morgan fingerprint density at radius 2 is 1.69 bits per heavy atom. The van der Waals surface area contributed by atoms with Crippen LogP contribution in [-0.2, 0) is 11.3 Å². The second-order valence-electron chi connectivity index (χ2n) is 8.80. The average Bonchev–Trinajstić information content (AvgIpc) is 2.97. The fraction of sp³-hybridized carbons (Fsp3) is 0.619. The molecule has 0 aromatic heterocycles. The van der Waals surface area contributed by atoms with E-state index >= 15 is 0 Å². The molecule has 1 aromatic carbocycles. The second kappa shape index (κ2) is 8.16. The van der Waals surface area contributed by atoms with Gasteiger partial charge in [0.15, 0.2) is 0 Å². The van der Waals surface area contributed by atoms with Crippen LogP contribution in [0.2, 0.25) is 0 Å². The molecule has 1 aromatic rings. The number of rotatable bonds is 3. The van der Waals surface area contributed by atoms with Crippen molar-refractivity contribution in [3.63, 3.8) is 0 Å². The van der Waals surface area contributed by atoms with Crippen molar-refractivity contribution in [3.05, 3.63) is 34.9 Å². The monoisotopic (exact) mass is 409 g/mol. The lowest BCUT2D eigenvalue weighted by atomic mass is 10.0. The molecule has 160 valence electrons. The summed E-state index contributed by atoms with van der Waals surface area (Å²) in [7, 11) is 0. The molecule has 0 radical (unpaired) electrons. The van der Waals surface area contributed by atoms with Crippen molar-refractivity contribution in [1.82, 2.24) is 14.7 Å². The molecule has 0 saturated carbocycles. The van der Waals surface area contributed by atoms with Gasteiger partial charge in [-0.25, -0.2) is 18.4 Å². The molecule has 3 rings (SSSR count). The molecule has 8 heteroatoms. The minimum atomic E-state index is -0.626. The molecule has 2 fully saturated rings. The molecule has 0 N–H and O–H groups in total. The number of piperidine rings is 1. The Balaban J connectivity index is 1.57. The molecular formula is C21H29F2N3O3. The SMILES string of the molecule is Cc1cc(F)c(CN2CCN(C3CCN(C(=O)OC(C)(C)C)CC3)C2=O)c(F)c1. The molecule has 0 atom stereocenters. The Hall–Kier alpha value is -2.38. The Labute approximate surface area is 170 Å². The summed E-state index contributed by atoms with van der Waals surface area (Å²) in [5.41, 5.74) is -0.111. The highest BCUT2D eigenvalue weighted by Gasteiger charge is 2.37. The Kier molecular flexibility index (Phi) is 6.00. The van der Waals surface area contributed by atoms with Crippen LogP contribution in [0.5, 0.6) is 0 Å². The molecule has 3 amide bonds. The van der Waals surface area contributed by atoms with E-state index in [1.807, 2.05) is 20.8 Å². The van der Waals surface area contributed by atoms with Gasteiger partial charge in [-0.2, -0.15) is 0 Å². The molecule has 2 aliphatic rings. The Morgan fingerprint density at radius 1 is 1.10 bits per heavy atom. The van der Waals surface area contributed by atoms with Crippen LogP contribution in [-0.4, -0.2) is 64.6 Å². The molecule has 2 aliphatic heterocycles. The zero-order valence-electron chi connectivity index (χ0n) is 17.5. The van der Waals surface area contributed by atoms with E-state index in [4.69, 9.17) is 4.74 Å². The number of aryl methyl sites for hydroxylation is 1. The number of hydrogen-bond donors (Lipinski definition) is 0. The lowest BCUT2D eigenvalue weighted by Gasteiger charge is -2.37. The van der Waals surface area contributed by atoms with E-state index in [2.05, 4.69) is 0 Å². The van der Waals surface area contributed by atoms with Crippen LogP contribution >= 0.6 is 0 Å². The maximum atomic E-state index is 14.1. The number of likely N-dealkylation sites (tertiary alicyclic amines) is 1. The van der Waals surface area contributed by atoms with Crippen molar-refractivity contribution in [3.8, 4) is 0 Å². The zero-order chi connectivity index (χ0) is 21.3. The highest BCUT2D eigenvalue weighted by atomic mass is 19.1. The standard InChI is InChI=1S/C21H29F2N3O3/c1-14-11-17(22)16(18(23)12-14)13-25-9-10-26(19(25)27)15-5-7-24(8-6-15)20(28)29-21(2,3)4/h11-12,15H,5-10,13H2,1-4H3. The number of urea groups is 1. The van der Waals surface area contributed by atoms with Crippen LogP contribution in [0.3, 0.4) is 0 Å². The highest BCUT2D eigenvalue weighted by molar-refractivity contribution is 5.77. The van der Waals surface area contributed by atoms with Gasteiger partial charge in [0.1, 0.15) is 17.2 Å². The van der Waals surface area contributed by atoms with Gasteiger partial charge in [-0.1, -0.05) is 0 Å². The lowest BCUT2D eigenvalue weighted by molar-refractivity contribution is 0.0170. The quantitative estimate of drug-likeness (QED) is 0.761.